The molecule has 6 rings (SSSR count). The Balaban J connectivity index is 1.33. The number of hydrogen-bond donors (Lipinski definition) is 4. The van der Waals surface area contributed by atoms with E-state index < -0.39 is 75.4 Å². The number of aromatic nitrogens is 6. The number of H-pyrrole nitrogens is 1. The van der Waals surface area contributed by atoms with Crippen LogP contribution in [0.1, 0.15) is 18.9 Å². The number of nitrogens with two attached hydrogens (primary N) is 1. The van der Waals surface area contributed by atoms with E-state index in [0.29, 0.717) is 0 Å². The number of rotatable bonds is 3. The highest BCUT2D eigenvalue weighted by molar-refractivity contribution is 8.07. The molecular weight excluding hydrogens is 624 g/mol. The molecule has 0 amide bonds. The number of hydrogen-bond acceptors (Lipinski definition) is 15. The Hall–Kier alpha value is -2.45. The Morgan fingerprint density at radius 1 is 1.10 bits per heavy atom. The zero-order valence-corrected chi connectivity index (χ0v) is 24.2. The molecule has 42 heavy (non-hydrogen) atoms. The molecule has 22 heteroatoms. The van der Waals surface area contributed by atoms with Crippen molar-refractivity contribution in [1.29, 1.82) is 0 Å². The molecule has 4 bridgehead atoms. The van der Waals surface area contributed by atoms with Crippen molar-refractivity contribution in [2.45, 2.75) is 49.4 Å². The summed E-state index contributed by atoms with van der Waals surface area (Å²) in [5.74, 6) is 0.118. The van der Waals surface area contributed by atoms with E-state index in [2.05, 4.69) is 19.9 Å². The molecule has 0 aliphatic carbocycles. The predicted molar refractivity (Wildman–Crippen MR) is 142 cm³/mol. The Morgan fingerprint density at radius 3 is 2.67 bits per heavy atom. The minimum atomic E-state index is -4.79. The van der Waals surface area contributed by atoms with Crippen LogP contribution in [0, 0.1) is 0 Å². The number of methoxy groups -OCH3 is 1. The molecule has 0 saturated carbocycles. The SMILES string of the molecule is CO[C@H]1[C@H]2OP(O)(=S)OC[C@@H]3C[C@@H](OP(=O)(O)OC[C@H]1O[C@H]2n1ccc(=O)[nH]c1=O)[C@H](n1cnc2c(N)ncnc21)O3. The van der Waals surface area contributed by atoms with Gasteiger partial charge < -0.3 is 34.3 Å². The van der Waals surface area contributed by atoms with Crippen LogP contribution in [0.4, 0.5) is 5.82 Å². The average Bonchev–Trinajstić information content (AvgIpc) is 3.61. The molecule has 3 saturated heterocycles. The quantitative estimate of drug-likeness (QED) is 0.256. The summed E-state index contributed by atoms with van der Waals surface area (Å²) in [7, 11) is -3.50. The van der Waals surface area contributed by atoms with Crippen molar-refractivity contribution >= 4 is 43.3 Å². The number of phosphoric ester groups is 1. The first-order valence-electron chi connectivity index (χ1n) is 12.3. The fourth-order valence-corrected chi connectivity index (χ4v) is 7.40. The maximum Gasteiger partial charge on any atom is 0.472 e. The highest BCUT2D eigenvalue weighted by atomic mass is 32.5. The van der Waals surface area contributed by atoms with Gasteiger partial charge in [-0.1, -0.05) is 0 Å². The van der Waals surface area contributed by atoms with Crippen LogP contribution in [0.2, 0.25) is 0 Å². The van der Waals surface area contributed by atoms with Gasteiger partial charge in [-0.25, -0.2) is 24.3 Å². The molecule has 3 aliphatic rings. The van der Waals surface area contributed by atoms with Crippen LogP contribution in [0.5, 0.6) is 0 Å². The molecule has 3 aromatic heterocycles. The van der Waals surface area contributed by atoms with E-state index in [9.17, 15) is 23.9 Å². The van der Waals surface area contributed by atoms with Gasteiger partial charge in [0, 0.05) is 25.8 Å². The fourth-order valence-electron chi connectivity index (χ4n) is 5.04. The summed E-state index contributed by atoms with van der Waals surface area (Å²) in [5.41, 5.74) is 4.94. The lowest BCUT2D eigenvalue weighted by atomic mass is 10.1. The topological polar surface area (TPSA) is 247 Å². The number of phosphoric acid groups is 1. The van der Waals surface area contributed by atoms with Crippen molar-refractivity contribution < 1.29 is 46.7 Å². The van der Waals surface area contributed by atoms with Gasteiger partial charge in [-0.05, 0) is 11.8 Å². The summed E-state index contributed by atoms with van der Waals surface area (Å²) < 4.78 is 55.3. The Labute approximate surface area is 240 Å². The van der Waals surface area contributed by atoms with E-state index in [0.717, 1.165) is 16.8 Å². The maximum absolute atomic E-state index is 13.1. The molecule has 0 spiro atoms. The number of imidazole rings is 1. The van der Waals surface area contributed by atoms with Crippen LogP contribution in [-0.4, -0.2) is 89.7 Å². The van der Waals surface area contributed by atoms with Crippen molar-refractivity contribution in [1.82, 2.24) is 29.1 Å². The van der Waals surface area contributed by atoms with E-state index in [1.165, 1.54) is 24.3 Å². The van der Waals surface area contributed by atoms with Gasteiger partial charge in [0.25, 0.3) is 5.56 Å². The third kappa shape index (κ3) is 5.73. The minimum Gasteiger partial charge on any atom is -0.382 e. The second-order valence-electron chi connectivity index (χ2n) is 9.49. The first kappa shape index (κ1) is 29.6. The monoisotopic (exact) mass is 649 g/mol. The smallest absolute Gasteiger partial charge is 0.382 e. The lowest BCUT2D eigenvalue weighted by Gasteiger charge is -2.28. The lowest BCUT2D eigenvalue weighted by Crippen LogP contribution is -2.40. The fraction of sp³-hybridized carbons (Fsp3) is 0.550. The Morgan fingerprint density at radius 2 is 1.90 bits per heavy atom. The van der Waals surface area contributed by atoms with E-state index in [1.54, 1.807) is 0 Å². The molecule has 9 atom stereocenters. The molecule has 3 aromatic rings. The molecule has 5 N–H and O–H groups in total. The van der Waals surface area contributed by atoms with Crippen LogP contribution < -0.4 is 17.0 Å². The molecule has 0 radical (unpaired) electrons. The number of nitrogen functional groups attached to an aromatic ring is 1. The number of nitrogens with zero attached hydrogens (tertiary/aromatic N) is 5. The highest BCUT2D eigenvalue weighted by Crippen LogP contribution is 2.53. The maximum atomic E-state index is 13.1. The highest BCUT2D eigenvalue weighted by Gasteiger charge is 2.51. The number of ether oxygens (including phenoxy) is 3. The van der Waals surface area contributed by atoms with Gasteiger partial charge in [-0.2, -0.15) is 0 Å². The van der Waals surface area contributed by atoms with Gasteiger partial charge in [0.2, 0.25) is 0 Å². The summed E-state index contributed by atoms with van der Waals surface area (Å²) in [5, 5.41) is 0. The molecule has 6 heterocycles. The number of nitrogens with one attached hydrogen (secondary N) is 1. The summed E-state index contributed by atoms with van der Waals surface area (Å²) in [6.45, 7) is -4.95. The first-order chi connectivity index (χ1) is 19.9. The summed E-state index contributed by atoms with van der Waals surface area (Å²) >= 11 is 5.26. The summed E-state index contributed by atoms with van der Waals surface area (Å²) in [6.07, 6.45) is -4.00. The molecule has 228 valence electrons. The average molecular weight is 649 g/mol. The van der Waals surface area contributed by atoms with Crippen LogP contribution in [-0.2, 0) is 48.7 Å². The van der Waals surface area contributed by atoms with Gasteiger partial charge in [-0.15, -0.1) is 0 Å². The van der Waals surface area contributed by atoms with Gasteiger partial charge in [0.1, 0.15) is 36.3 Å². The van der Waals surface area contributed by atoms with Crippen LogP contribution in [0.25, 0.3) is 11.2 Å². The molecule has 3 fully saturated rings. The normalized spacial score (nSPS) is 37.5. The zero-order valence-electron chi connectivity index (χ0n) is 21.6. The zero-order chi connectivity index (χ0) is 29.8. The third-order valence-corrected chi connectivity index (χ3v) is 9.41. The Bertz CT molecular complexity index is 1700. The van der Waals surface area contributed by atoms with Crippen molar-refractivity contribution in [3.8, 4) is 0 Å². The number of fused-ring (bicyclic) bond motifs is 5. The van der Waals surface area contributed by atoms with Crippen LogP contribution in [0.3, 0.4) is 0 Å². The number of anilines is 1. The van der Waals surface area contributed by atoms with E-state index in [4.69, 9.17) is 49.8 Å². The van der Waals surface area contributed by atoms with Crippen LogP contribution in [0.15, 0.2) is 34.5 Å². The van der Waals surface area contributed by atoms with Gasteiger partial charge in [-0.3, -0.25) is 32.5 Å². The molecule has 0 aromatic carbocycles. The molecule has 2 unspecified atom stereocenters. The largest absolute Gasteiger partial charge is 0.472 e. The summed E-state index contributed by atoms with van der Waals surface area (Å²) in [6, 6.07) is 1.07. The first-order valence-corrected chi connectivity index (χ1v) is 16.4. The molecular formula is C20H25N7O12P2S. The van der Waals surface area contributed by atoms with E-state index in [1.807, 2.05) is 0 Å². The van der Waals surface area contributed by atoms with Gasteiger partial charge >= 0.3 is 20.2 Å². The van der Waals surface area contributed by atoms with Gasteiger partial charge in [0.15, 0.2) is 23.9 Å². The lowest BCUT2D eigenvalue weighted by molar-refractivity contribution is -0.0677. The van der Waals surface area contributed by atoms with Crippen LogP contribution >= 0.6 is 14.5 Å². The van der Waals surface area contributed by atoms with Crippen molar-refractivity contribution in [3.63, 3.8) is 0 Å². The van der Waals surface area contributed by atoms with E-state index in [-0.39, 0.29) is 30.0 Å². The Kier molecular flexibility index (Phi) is 7.92. The third-order valence-electron chi connectivity index (χ3n) is 6.84. The van der Waals surface area contributed by atoms with Gasteiger partial charge in [0.05, 0.1) is 25.6 Å². The minimum absolute atomic E-state index is 0.00754. The predicted octanol–water partition coefficient (Wildman–Crippen LogP) is -0.707. The standard InChI is InChI=1S/C20H25N7O12P2S/c1-33-14-11-6-34-40(30,31)38-10-4-9(36-18(10)27-8-24-13-16(21)22-7-23-17(13)27)5-35-41(32,42)39-15(14)19(37-11)26-3-2-12(28)25-20(26)29/h2-3,7-11,14-15,18-19H,4-6H2,1H3,(H,30,31)(H,32,42)(H2,21,22,23)(H,25,28,29)/t9-,10+,11+,14+,15+,18+,19+,41?/m0/s1. The van der Waals surface area contributed by atoms with Crippen molar-refractivity contribution in [2.75, 3.05) is 26.1 Å². The summed E-state index contributed by atoms with van der Waals surface area (Å²) in [4.78, 5) is 60.2. The molecule has 19 nitrogen and oxygen atoms in total. The van der Waals surface area contributed by atoms with Crippen molar-refractivity contribution in [3.05, 3.63) is 45.8 Å². The molecule has 3 aliphatic heterocycles. The van der Waals surface area contributed by atoms with E-state index >= 15 is 0 Å². The number of aromatic amines is 1. The second-order valence-corrected chi connectivity index (χ2v) is 13.7. The van der Waals surface area contributed by atoms with Crippen molar-refractivity contribution in [2.24, 2.45) is 0 Å². The second kappa shape index (κ2) is 11.2.